The number of ether oxygens (including phenoxy) is 1. The first kappa shape index (κ1) is 21.7. The Morgan fingerprint density at radius 2 is 1.85 bits per heavy atom. The lowest BCUT2D eigenvalue weighted by atomic mass is 10.1. The van der Waals surface area contributed by atoms with E-state index in [2.05, 4.69) is 30.9 Å². The Hall–Kier alpha value is -1.60. The number of benzene rings is 1. The van der Waals surface area contributed by atoms with Crippen molar-refractivity contribution in [2.45, 2.75) is 39.2 Å². The van der Waals surface area contributed by atoms with E-state index >= 15 is 0 Å². The predicted molar refractivity (Wildman–Crippen MR) is 108 cm³/mol. The first-order chi connectivity index (χ1) is 12.8. The topological polar surface area (TPSA) is 66.9 Å². The molecule has 1 amide bonds. The molecular weight excluding hydrogens is 364 g/mol. The minimum absolute atomic E-state index is 0.0729. The van der Waals surface area contributed by atoms with E-state index in [0.717, 1.165) is 31.7 Å². The number of hydrogen-bond donors (Lipinski definition) is 0. The molecule has 1 heterocycles. The molecule has 0 bridgehead atoms. The molecule has 1 aromatic carbocycles. The van der Waals surface area contributed by atoms with Crippen molar-refractivity contribution in [2.75, 3.05) is 44.8 Å². The van der Waals surface area contributed by atoms with Gasteiger partial charge in [-0.15, -0.1) is 0 Å². The van der Waals surface area contributed by atoms with E-state index in [1.165, 1.54) is 5.56 Å². The summed E-state index contributed by atoms with van der Waals surface area (Å²) in [7, 11) is -1.28. The fourth-order valence-corrected chi connectivity index (χ4v) is 4.68. The van der Waals surface area contributed by atoms with Gasteiger partial charge in [-0.3, -0.25) is 4.79 Å². The second-order valence-corrected chi connectivity index (χ2v) is 9.47. The summed E-state index contributed by atoms with van der Waals surface area (Å²) in [5.74, 6) is 1.13. The third-order valence-electron chi connectivity index (χ3n) is 5.25. The van der Waals surface area contributed by atoms with Crippen LogP contribution in [0.25, 0.3) is 0 Å². The van der Waals surface area contributed by atoms with Gasteiger partial charge in [0.25, 0.3) is 0 Å². The van der Waals surface area contributed by atoms with Crippen LogP contribution < -0.4 is 4.74 Å². The molecule has 1 fully saturated rings. The highest BCUT2D eigenvalue weighted by molar-refractivity contribution is 7.91. The van der Waals surface area contributed by atoms with Crippen LogP contribution in [0.4, 0.5) is 0 Å². The van der Waals surface area contributed by atoms with Gasteiger partial charge < -0.3 is 14.5 Å². The number of likely N-dealkylation sites (N-methyl/N-ethyl adjacent to an activating group) is 1. The Morgan fingerprint density at radius 3 is 2.41 bits per heavy atom. The molecule has 7 heteroatoms. The number of carbonyl (C=O) groups excluding carboxylic acids is 1. The van der Waals surface area contributed by atoms with E-state index in [9.17, 15) is 13.2 Å². The maximum atomic E-state index is 12.3. The largest absolute Gasteiger partial charge is 0.497 e. The third-order valence-corrected chi connectivity index (χ3v) is 6.86. The van der Waals surface area contributed by atoms with Crippen molar-refractivity contribution >= 4 is 15.7 Å². The summed E-state index contributed by atoms with van der Waals surface area (Å²) in [6.45, 7) is 6.84. The van der Waals surface area contributed by atoms with Crippen molar-refractivity contribution in [2.24, 2.45) is 0 Å². The van der Waals surface area contributed by atoms with Gasteiger partial charge in [0.2, 0.25) is 5.91 Å². The molecule has 6 nitrogen and oxygen atoms in total. The van der Waals surface area contributed by atoms with Gasteiger partial charge in [0, 0.05) is 25.6 Å². The van der Waals surface area contributed by atoms with Gasteiger partial charge in [0.1, 0.15) is 5.75 Å². The minimum Gasteiger partial charge on any atom is -0.497 e. The van der Waals surface area contributed by atoms with Crippen LogP contribution in [-0.4, -0.2) is 75.0 Å². The number of rotatable bonds is 9. The smallest absolute Gasteiger partial charge is 0.222 e. The van der Waals surface area contributed by atoms with Crippen molar-refractivity contribution in [3.63, 3.8) is 0 Å². The summed E-state index contributed by atoms with van der Waals surface area (Å²) in [4.78, 5) is 16.4. The second kappa shape index (κ2) is 10.1. The summed E-state index contributed by atoms with van der Waals surface area (Å²) in [5.41, 5.74) is 1.27. The van der Waals surface area contributed by atoms with Gasteiger partial charge in [0.05, 0.1) is 18.6 Å². The number of nitrogens with zero attached hydrogens (tertiary/aromatic N) is 2. The quantitative estimate of drug-likeness (QED) is 0.639. The van der Waals surface area contributed by atoms with E-state index in [4.69, 9.17) is 4.74 Å². The Bertz CT molecular complexity index is 689. The Labute approximate surface area is 163 Å². The minimum atomic E-state index is -2.94. The molecule has 1 aliphatic heterocycles. The molecule has 152 valence electrons. The van der Waals surface area contributed by atoms with E-state index in [0.29, 0.717) is 25.6 Å². The zero-order chi connectivity index (χ0) is 19.9. The fraction of sp³-hybridized carbons (Fsp3) is 0.650. The Balaban J connectivity index is 1.76. The SMILES string of the molecule is CCN(CCCC(=O)N1CCS(=O)(=O)CC1)[C@@H](C)Cc1ccc(OC)cc1. The molecule has 0 N–H and O–H groups in total. The van der Waals surface area contributed by atoms with Crippen LogP contribution in [0.3, 0.4) is 0 Å². The van der Waals surface area contributed by atoms with Crippen molar-refractivity contribution < 1.29 is 17.9 Å². The van der Waals surface area contributed by atoms with E-state index < -0.39 is 9.84 Å². The number of hydrogen-bond acceptors (Lipinski definition) is 5. The fourth-order valence-electron chi connectivity index (χ4n) is 3.48. The third kappa shape index (κ3) is 6.81. The number of methoxy groups -OCH3 is 1. The molecule has 0 saturated carbocycles. The van der Waals surface area contributed by atoms with Gasteiger partial charge in [0.15, 0.2) is 9.84 Å². The molecule has 0 radical (unpaired) electrons. The number of amides is 1. The van der Waals surface area contributed by atoms with Gasteiger partial charge in [-0.1, -0.05) is 19.1 Å². The molecule has 1 aliphatic rings. The van der Waals surface area contributed by atoms with E-state index in [1.54, 1.807) is 12.0 Å². The van der Waals surface area contributed by atoms with E-state index in [-0.39, 0.29) is 17.4 Å². The number of carbonyl (C=O) groups is 1. The van der Waals surface area contributed by atoms with Crippen molar-refractivity contribution in [1.29, 1.82) is 0 Å². The Morgan fingerprint density at radius 1 is 1.22 bits per heavy atom. The molecule has 2 rings (SSSR count). The zero-order valence-electron chi connectivity index (χ0n) is 16.7. The van der Waals surface area contributed by atoms with Gasteiger partial charge >= 0.3 is 0 Å². The average molecular weight is 397 g/mol. The monoisotopic (exact) mass is 396 g/mol. The summed E-state index contributed by atoms with van der Waals surface area (Å²) in [6.07, 6.45) is 2.23. The molecule has 0 aliphatic carbocycles. The summed E-state index contributed by atoms with van der Waals surface area (Å²) < 4.78 is 28.1. The lowest BCUT2D eigenvalue weighted by molar-refractivity contribution is -0.131. The van der Waals surface area contributed by atoms with Gasteiger partial charge in [-0.05, 0) is 50.6 Å². The van der Waals surface area contributed by atoms with Crippen LogP contribution in [-0.2, 0) is 21.1 Å². The van der Waals surface area contributed by atoms with E-state index in [1.807, 2.05) is 12.1 Å². The summed E-state index contributed by atoms with van der Waals surface area (Å²) in [5, 5.41) is 0. The highest BCUT2D eigenvalue weighted by atomic mass is 32.2. The first-order valence-corrected chi connectivity index (χ1v) is 11.5. The average Bonchev–Trinajstić information content (AvgIpc) is 2.65. The van der Waals surface area contributed by atoms with Crippen LogP contribution in [0.5, 0.6) is 5.75 Å². The predicted octanol–water partition coefficient (Wildman–Crippen LogP) is 1.99. The molecule has 0 spiro atoms. The highest BCUT2D eigenvalue weighted by Gasteiger charge is 2.24. The summed E-state index contributed by atoms with van der Waals surface area (Å²) in [6, 6.07) is 8.54. The zero-order valence-corrected chi connectivity index (χ0v) is 17.5. The maximum Gasteiger partial charge on any atom is 0.222 e. The van der Waals surface area contributed by atoms with Crippen LogP contribution in [0.1, 0.15) is 32.3 Å². The molecule has 1 atom stereocenters. The van der Waals surface area contributed by atoms with Crippen LogP contribution >= 0.6 is 0 Å². The molecule has 27 heavy (non-hydrogen) atoms. The summed E-state index contributed by atoms with van der Waals surface area (Å²) >= 11 is 0. The van der Waals surface area contributed by atoms with Gasteiger partial charge in [-0.25, -0.2) is 8.42 Å². The van der Waals surface area contributed by atoms with Crippen molar-refractivity contribution in [3.8, 4) is 5.75 Å². The highest BCUT2D eigenvalue weighted by Crippen LogP contribution is 2.15. The molecular formula is C20H32N2O4S. The maximum absolute atomic E-state index is 12.3. The molecule has 1 aromatic rings. The molecule has 0 unspecified atom stereocenters. The second-order valence-electron chi connectivity index (χ2n) is 7.17. The van der Waals surface area contributed by atoms with Crippen molar-refractivity contribution in [1.82, 2.24) is 9.80 Å². The lowest BCUT2D eigenvalue weighted by Crippen LogP contribution is -2.44. The lowest BCUT2D eigenvalue weighted by Gasteiger charge is -2.29. The first-order valence-electron chi connectivity index (χ1n) is 9.70. The Kier molecular flexibility index (Phi) is 8.10. The van der Waals surface area contributed by atoms with Gasteiger partial charge in [-0.2, -0.15) is 0 Å². The van der Waals surface area contributed by atoms with Crippen LogP contribution in [0.15, 0.2) is 24.3 Å². The standard InChI is InChI=1S/C20H32N2O4S/c1-4-21(17(2)16-18-7-9-19(26-3)10-8-18)11-5-6-20(23)22-12-14-27(24,25)15-13-22/h7-10,17H,4-6,11-16H2,1-3H3/t17-/m0/s1. The normalized spacial score (nSPS) is 17.7. The van der Waals surface area contributed by atoms with Crippen LogP contribution in [0, 0.1) is 0 Å². The van der Waals surface area contributed by atoms with Crippen molar-refractivity contribution in [3.05, 3.63) is 29.8 Å². The molecule has 1 saturated heterocycles. The number of sulfone groups is 1. The van der Waals surface area contributed by atoms with Crippen LogP contribution in [0.2, 0.25) is 0 Å². The molecule has 0 aromatic heterocycles.